The SMILES string of the molecule is Cc1ccc(C(=O)N(Cc2ccc([C@@H]3C[C@@H]3C)o2)C2CC2)cc1S(C)(=O)=O. The molecule has 2 atom stereocenters. The Kier molecular flexibility index (Phi) is 4.41. The van der Waals surface area contributed by atoms with Gasteiger partial charge < -0.3 is 9.32 Å². The molecule has 1 aromatic heterocycles. The van der Waals surface area contributed by atoms with Gasteiger partial charge in [0.15, 0.2) is 9.84 Å². The van der Waals surface area contributed by atoms with Crippen LogP contribution < -0.4 is 0 Å². The third-order valence-electron chi connectivity index (χ3n) is 5.57. The minimum Gasteiger partial charge on any atom is -0.464 e. The van der Waals surface area contributed by atoms with E-state index in [-0.39, 0.29) is 16.8 Å². The Balaban J connectivity index is 1.57. The second-order valence-electron chi connectivity index (χ2n) is 8.04. The lowest BCUT2D eigenvalue weighted by Crippen LogP contribution is -2.32. The highest BCUT2D eigenvalue weighted by Gasteiger charge is 2.38. The number of benzene rings is 1. The Morgan fingerprint density at radius 1 is 1.22 bits per heavy atom. The van der Waals surface area contributed by atoms with Crippen molar-refractivity contribution in [3.8, 4) is 0 Å². The van der Waals surface area contributed by atoms with Gasteiger partial charge in [0.2, 0.25) is 0 Å². The zero-order valence-electron chi connectivity index (χ0n) is 15.9. The summed E-state index contributed by atoms with van der Waals surface area (Å²) in [6, 6.07) is 9.10. The molecule has 0 radical (unpaired) electrons. The van der Waals surface area contributed by atoms with Crippen LogP contribution in [0.3, 0.4) is 0 Å². The Morgan fingerprint density at radius 3 is 2.52 bits per heavy atom. The number of aryl methyl sites for hydroxylation is 1. The first-order valence-electron chi connectivity index (χ1n) is 9.44. The van der Waals surface area contributed by atoms with Crippen LogP contribution in [-0.4, -0.2) is 31.5 Å². The number of carbonyl (C=O) groups is 1. The standard InChI is InChI=1S/C21H25NO4S/c1-13-4-5-15(11-20(13)27(3,24)25)21(23)22(16-6-7-16)12-17-8-9-19(26-17)18-10-14(18)2/h4-5,8-9,11,14,16,18H,6-7,10,12H2,1-3H3/t14-,18+/m0/s1. The van der Waals surface area contributed by atoms with Gasteiger partial charge in [0, 0.05) is 23.8 Å². The van der Waals surface area contributed by atoms with Crippen LogP contribution in [0, 0.1) is 12.8 Å². The zero-order valence-corrected chi connectivity index (χ0v) is 16.8. The lowest BCUT2D eigenvalue weighted by atomic mass is 10.1. The molecule has 1 aromatic carbocycles. The molecule has 0 saturated heterocycles. The van der Waals surface area contributed by atoms with Gasteiger partial charge in [-0.25, -0.2) is 8.42 Å². The number of rotatable bonds is 6. The number of amides is 1. The van der Waals surface area contributed by atoms with E-state index >= 15 is 0 Å². The van der Waals surface area contributed by atoms with E-state index in [1.807, 2.05) is 17.0 Å². The van der Waals surface area contributed by atoms with Gasteiger partial charge in [0.05, 0.1) is 11.4 Å². The van der Waals surface area contributed by atoms with Crippen molar-refractivity contribution in [2.75, 3.05) is 6.26 Å². The van der Waals surface area contributed by atoms with E-state index in [0.29, 0.717) is 29.5 Å². The van der Waals surface area contributed by atoms with Crippen molar-refractivity contribution in [1.82, 2.24) is 4.90 Å². The monoisotopic (exact) mass is 387 g/mol. The smallest absolute Gasteiger partial charge is 0.254 e. The van der Waals surface area contributed by atoms with Gasteiger partial charge in [-0.2, -0.15) is 0 Å². The van der Waals surface area contributed by atoms with Gasteiger partial charge >= 0.3 is 0 Å². The summed E-state index contributed by atoms with van der Waals surface area (Å²) in [4.78, 5) is 15.1. The van der Waals surface area contributed by atoms with E-state index in [1.165, 1.54) is 12.3 Å². The molecule has 0 aliphatic heterocycles. The summed E-state index contributed by atoms with van der Waals surface area (Å²) in [6.07, 6.45) is 4.29. The average molecular weight is 388 g/mol. The van der Waals surface area contributed by atoms with Gasteiger partial charge in [-0.3, -0.25) is 4.79 Å². The van der Waals surface area contributed by atoms with E-state index < -0.39 is 9.84 Å². The van der Waals surface area contributed by atoms with E-state index in [9.17, 15) is 13.2 Å². The number of hydrogen-bond donors (Lipinski definition) is 0. The Hall–Kier alpha value is -2.08. The first kappa shape index (κ1) is 18.3. The van der Waals surface area contributed by atoms with E-state index in [2.05, 4.69) is 6.92 Å². The summed E-state index contributed by atoms with van der Waals surface area (Å²) in [6.45, 7) is 4.38. The number of hydrogen-bond acceptors (Lipinski definition) is 4. The van der Waals surface area contributed by atoms with Crippen LogP contribution in [0.25, 0.3) is 0 Å². The van der Waals surface area contributed by atoms with Crippen LogP contribution in [0.4, 0.5) is 0 Å². The Bertz CT molecular complexity index is 987. The number of furan rings is 1. The summed E-state index contributed by atoms with van der Waals surface area (Å²) in [5, 5.41) is 0. The maximum absolute atomic E-state index is 13.1. The quantitative estimate of drug-likeness (QED) is 0.753. The molecule has 6 heteroatoms. The second kappa shape index (κ2) is 6.51. The summed E-state index contributed by atoms with van der Waals surface area (Å²) >= 11 is 0. The fourth-order valence-corrected chi connectivity index (χ4v) is 4.61. The first-order valence-corrected chi connectivity index (χ1v) is 11.3. The molecule has 144 valence electrons. The Labute approximate surface area is 160 Å². The predicted molar refractivity (Wildman–Crippen MR) is 102 cm³/mol. The van der Waals surface area contributed by atoms with Gasteiger partial charge in [-0.15, -0.1) is 0 Å². The normalized spacial score (nSPS) is 21.9. The van der Waals surface area contributed by atoms with Gasteiger partial charge in [-0.05, 0) is 61.9 Å². The average Bonchev–Trinajstić information content (AvgIpc) is 3.52. The molecule has 4 rings (SSSR count). The molecule has 5 nitrogen and oxygen atoms in total. The largest absolute Gasteiger partial charge is 0.464 e. The molecule has 0 N–H and O–H groups in total. The van der Waals surface area contributed by atoms with Crippen LogP contribution in [-0.2, 0) is 16.4 Å². The molecule has 27 heavy (non-hydrogen) atoms. The molecule has 2 aliphatic carbocycles. The fraction of sp³-hybridized carbons (Fsp3) is 0.476. The maximum Gasteiger partial charge on any atom is 0.254 e. The Morgan fingerprint density at radius 2 is 1.93 bits per heavy atom. The summed E-state index contributed by atoms with van der Waals surface area (Å²) < 4.78 is 30.0. The van der Waals surface area contributed by atoms with E-state index in [4.69, 9.17) is 4.42 Å². The van der Waals surface area contributed by atoms with Crippen molar-refractivity contribution >= 4 is 15.7 Å². The predicted octanol–water partition coefficient (Wildman–Crippen LogP) is 3.92. The van der Waals surface area contributed by atoms with Crippen molar-refractivity contribution in [2.24, 2.45) is 5.92 Å². The van der Waals surface area contributed by atoms with Crippen molar-refractivity contribution in [3.05, 3.63) is 53.0 Å². The van der Waals surface area contributed by atoms with Crippen molar-refractivity contribution in [1.29, 1.82) is 0 Å². The van der Waals surface area contributed by atoms with Crippen molar-refractivity contribution in [3.63, 3.8) is 0 Å². The van der Waals surface area contributed by atoms with Crippen LogP contribution in [0.5, 0.6) is 0 Å². The molecule has 2 fully saturated rings. The highest BCUT2D eigenvalue weighted by Crippen LogP contribution is 2.47. The molecule has 0 bridgehead atoms. The maximum atomic E-state index is 13.1. The molecule has 2 aromatic rings. The van der Waals surface area contributed by atoms with Gasteiger partial charge in [0.1, 0.15) is 11.5 Å². The summed E-state index contributed by atoms with van der Waals surface area (Å²) in [7, 11) is -3.37. The fourth-order valence-electron chi connectivity index (χ4n) is 3.62. The molecule has 0 spiro atoms. The molecular weight excluding hydrogens is 362 g/mol. The molecule has 1 heterocycles. The van der Waals surface area contributed by atoms with Crippen LogP contribution in [0.2, 0.25) is 0 Å². The van der Waals surface area contributed by atoms with Gasteiger partial charge in [0.25, 0.3) is 5.91 Å². The molecule has 2 aliphatic rings. The highest BCUT2D eigenvalue weighted by atomic mass is 32.2. The van der Waals surface area contributed by atoms with Crippen LogP contribution in [0.15, 0.2) is 39.6 Å². The molecule has 2 saturated carbocycles. The molecule has 1 amide bonds. The van der Waals surface area contributed by atoms with E-state index in [1.54, 1.807) is 19.1 Å². The minimum absolute atomic E-state index is 0.139. The first-order chi connectivity index (χ1) is 12.7. The van der Waals surface area contributed by atoms with Gasteiger partial charge in [-0.1, -0.05) is 13.0 Å². The van der Waals surface area contributed by atoms with Crippen LogP contribution in [0.1, 0.15) is 59.5 Å². The zero-order chi connectivity index (χ0) is 19.3. The highest BCUT2D eigenvalue weighted by molar-refractivity contribution is 7.90. The second-order valence-corrected chi connectivity index (χ2v) is 10.0. The van der Waals surface area contributed by atoms with Crippen molar-refractivity contribution in [2.45, 2.75) is 56.5 Å². The third-order valence-corrected chi connectivity index (χ3v) is 6.81. The lowest BCUT2D eigenvalue weighted by Gasteiger charge is -2.22. The minimum atomic E-state index is -3.37. The number of nitrogens with zero attached hydrogens (tertiary/aromatic N) is 1. The number of sulfone groups is 1. The lowest BCUT2D eigenvalue weighted by molar-refractivity contribution is 0.0716. The summed E-state index contributed by atoms with van der Waals surface area (Å²) in [5.74, 6) is 2.85. The van der Waals surface area contributed by atoms with Crippen molar-refractivity contribution < 1.29 is 17.6 Å². The molecular formula is C21H25NO4S. The van der Waals surface area contributed by atoms with Crippen LogP contribution >= 0.6 is 0 Å². The topological polar surface area (TPSA) is 67.6 Å². The third kappa shape index (κ3) is 3.81. The number of carbonyl (C=O) groups excluding carboxylic acids is 1. The van der Waals surface area contributed by atoms with E-state index in [0.717, 1.165) is 30.8 Å². The molecule has 0 unspecified atom stereocenters. The summed E-state index contributed by atoms with van der Waals surface area (Å²) in [5.41, 5.74) is 1.07.